The lowest BCUT2D eigenvalue weighted by Crippen LogP contribution is -2.30. The fourth-order valence-electron chi connectivity index (χ4n) is 9.61. The molecule has 0 heterocycles. The van der Waals surface area contributed by atoms with Crippen LogP contribution in [0.1, 0.15) is 342 Å². The number of hydrogen-bond acceptors (Lipinski definition) is 6. The lowest BCUT2D eigenvalue weighted by molar-refractivity contribution is -0.167. The van der Waals surface area contributed by atoms with Gasteiger partial charge in [-0.3, -0.25) is 14.4 Å². The first-order valence-electron chi connectivity index (χ1n) is 32.8. The molecular formula is C69H124O6. The smallest absolute Gasteiger partial charge is 0.306 e. The van der Waals surface area contributed by atoms with Gasteiger partial charge >= 0.3 is 17.9 Å². The largest absolute Gasteiger partial charge is 0.462 e. The van der Waals surface area contributed by atoms with E-state index in [1.54, 1.807) is 0 Å². The standard InChI is InChI=1S/C69H124O6/c1-4-7-10-13-16-19-22-25-28-30-32-33-34-35-37-38-41-44-47-50-53-56-59-62-68(71)74-65-66(64-73-67(70)61-58-55-52-49-46-43-40-27-24-21-18-15-12-9-6-3)75-69(72)63-60-57-54-51-48-45-42-39-36-31-29-26-23-20-17-14-11-8-5-2/h9,12,17-18,20-21,26-27,29,40,66H,4-8,10-11,13-16,19,22-25,28,30-39,41-65H2,1-3H3/b12-9-,20-17-,21-18-,29-26-,40-27-. The normalized spacial score (nSPS) is 12.4. The molecule has 0 N–H and O–H groups in total. The molecule has 0 saturated heterocycles. The van der Waals surface area contributed by atoms with Gasteiger partial charge in [-0.05, 0) is 83.5 Å². The quantitative estimate of drug-likeness (QED) is 0.0261. The second kappa shape index (κ2) is 63.6. The third-order valence-electron chi connectivity index (χ3n) is 14.5. The minimum absolute atomic E-state index is 0.0783. The number of allylic oxidation sites excluding steroid dienone is 10. The van der Waals surface area contributed by atoms with Gasteiger partial charge in [-0.1, -0.05) is 300 Å². The Balaban J connectivity index is 4.31. The average Bonchev–Trinajstić information content (AvgIpc) is 3.41. The highest BCUT2D eigenvalue weighted by Crippen LogP contribution is 2.18. The molecule has 1 unspecified atom stereocenters. The summed E-state index contributed by atoms with van der Waals surface area (Å²) in [7, 11) is 0. The second-order valence-electron chi connectivity index (χ2n) is 22.0. The van der Waals surface area contributed by atoms with E-state index in [0.29, 0.717) is 19.3 Å². The number of ether oxygens (including phenoxy) is 3. The van der Waals surface area contributed by atoms with Crippen LogP contribution in [-0.4, -0.2) is 37.2 Å². The lowest BCUT2D eigenvalue weighted by Gasteiger charge is -2.18. The van der Waals surface area contributed by atoms with Crippen molar-refractivity contribution in [2.45, 2.75) is 348 Å². The van der Waals surface area contributed by atoms with E-state index in [1.807, 2.05) is 0 Å². The number of carbonyl (C=O) groups is 3. The van der Waals surface area contributed by atoms with Crippen molar-refractivity contribution in [3.8, 4) is 0 Å². The van der Waals surface area contributed by atoms with E-state index in [9.17, 15) is 14.4 Å². The summed E-state index contributed by atoms with van der Waals surface area (Å²) in [5, 5.41) is 0. The SMILES string of the molecule is CC/C=C\C/C=C\C/C=C\CCCCCCCC(=O)OCC(COC(=O)CCCCCCCCCCCCCCCCCCCCCCCCC)OC(=O)CCCCCCCCCCC/C=C\C/C=C\CCCCC. The average molecular weight is 1050 g/mol. The van der Waals surface area contributed by atoms with Crippen molar-refractivity contribution in [1.82, 2.24) is 0 Å². The highest BCUT2D eigenvalue weighted by Gasteiger charge is 2.19. The van der Waals surface area contributed by atoms with Gasteiger partial charge in [0, 0.05) is 19.3 Å². The van der Waals surface area contributed by atoms with Crippen LogP contribution in [0.5, 0.6) is 0 Å². The first-order chi connectivity index (χ1) is 37.0. The van der Waals surface area contributed by atoms with E-state index in [1.165, 1.54) is 199 Å². The van der Waals surface area contributed by atoms with Gasteiger partial charge in [0.1, 0.15) is 13.2 Å². The van der Waals surface area contributed by atoms with Crippen molar-refractivity contribution >= 4 is 17.9 Å². The summed E-state index contributed by atoms with van der Waals surface area (Å²) >= 11 is 0. The fourth-order valence-corrected chi connectivity index (χ4v) is 9.61. The molecule has 436 valence electrons. The number of rotatable bonds is 60. The number of unbranched alkanes of at least 4 members (excludes halogenated alkanes) is 39. The van der Waals surface area contributed by atoms with Crippen LogP contribution >= 0.6 is 0 Å². The predicted octanol–water partition coefficient (Wildman–Crippen LogP) is 22.3. The highest BCUT2D eigenvalue weighted by molar-refractivity contribution is 5.71. The molecule has 0 aliphatic carbocycles. The number of carbonyl (C=O) groups excluding carboxylic acids is 3. The Labute approximate surface area is 466 Å². The van der Waals surface area contributed by atoms with Crippen LogP contribution in [0.25, 0.3) is 0 Å². The molecule has 0 aromatic heterocycles. The van der Waals surface area contributed by atoms with E-state index in [-0.39, 0.29) is 31.1 Å². The van der Waals surface area contributed by atoms with E-state index in [2.05, 4.69) is 81.5 Å². The van der Waals surface area contributed by atoms with Crippen molar-refractivity contribution < 1.29 is 28.6 Å². The van der Waals surface area contributed by atoms with E-state index in [4.69, 9.17) is 14.2 Å². The summed E-state index contributed by atoms with van der Waals surface area (Å²) in [5.74, 6) is -0.881. The molecule has 0 aliphatic heterocycles. The summed E-state index contributed by atoms with van der Waals surface area (Å²) in [6.07, 6.45) is 80.9. The summed E-state index contributed by atoms with van der Waals surface area (Å²) in [4.78, 5) is 38.3. The molecule has 0 aliphatic rings. The zero-order valence-corrected chi connectivity index (χ0v) is 50.1. The molecule has 0 aromatic carbocycles. The monoisotopic (exact) mass is 1050 g/mol. The summed E-state index contributed by atoms with van der Waals surface area (Å²) in [6, 6.07) is 0. The Hall–Kier alpha value is -2.89. The summed E-state index contributed by atoms with van der Waals surface area (Å²) in [6.45, 7) is 6.54. The Morgan fingerprint density at radius 3 is 0.840 bits per heavy atom. The van der Waals surface area contributed by atoms with Crippen LogP contribution in [0, 0.1) is 0 Å². The third kappa shape index (κ3) is 61.8. The van der Waals surface area contributed by atoms with Crippen molar-refractivity contribution in [3.63, 3.8) is 0 Å². The van der Waals surface area contributed by atoms with Gasteiger partial charge in [-0.25, -0.2) is 0 Å². The molecule has 0 spiro atoms. The van der Waals surface area contributed by atoms with Crippen LogP contribution in [0.2, 0.25) is 0 Å². The minimum atomic E-state index is -0.783. The summed E-state index contributed by atoms with van der Waals surface area (Å²) in [5.41, 5.74) is 0. The Kier molecular flexibility index (Phi) is 61.2. The van der Waals surface area contributed by atoms with Gasteiger partial charge in [0.25, 0.3) is 0 Å². The Bertz CT molecular complexity index is 1340. The molecule has 0 rings (SSSR count). The third-order valence-corrected chi connectivity index (χ3v) is 14.5. The Morgan fingerprint density at radius 2 is 0.520 bits per heavy atom. The lowest BCUT2D eigenvalue weighted by atomic mass is 10.0. The van der Waals surface area contributed by atoms with Crippen LogP contribution in [0.15, 0.2) is 60.8 Å². The van der Waals surface area contributed by atoms with Crippen molar-refractivity contribution in [2.75, 3.05) is 13.2 Å². The maximum atomic E-state index is 12.9. The van der Waals surface area contributed by atoms with Crippen LogP contribution < -0.4 is 0 Å². The molecule has 0 radical (unpaired) electrons. The predicted molar refractivity (Wildman–Crippen MR) is 325 cm³/mol. The van der Waals surface area contributed by atoms with E-state index >= 15 is 0 Å². The maximum Gasteiger partial charge on any atom is 0.306 e. The summed E-state index contributed by atoms with van der Waals surface area (Å²) < 4.78 is 16.9. The maximum absolute atomic E-state index is 12.9. The molecule has 75 heavy (non-hydrogen) atoms. The van der Waals surface area contributed by atoms with E-state index in [0.717, 1.165) is 103 Å². The van der Waals surface area contributed by atoms with Crippen molar-refractivity contribution in [1.29, 1.82) is 0 Å². The molecular weight excluding hydrogens is 925 g/mol. The van der Waals surface area contributed by atoms with Crippen LogP contribution in [0.4, 0.5) is 0 Å². The second-order valence-corrected chi connectivity index (χ2v) is 22.0. The molecule has 0 aromatic rings. The van der Waals surface area contributed by atoms with Gasteiger partial charge in [0.2, 0.25) is 0 Å². The van der Waals surface area contributed by atoms with Gasteiger partial charge in [0.15, 0.2) is 6.10 Å². The molecule has 0 fully saturated rings. The molecule has 0 bridgehead atoms. The minimum Gasteiger partial charge on any atom is -0.462 e. The van der Waals surface area contributed by atoms with Gasteiger partial charge in [0.05, 0.1) is 0 Å². The van der Waals surface area contributed by atoms with Crippen LogP contribution in [0.3, 0.4) is 0 Å². The number of esters is 3. The first kappa shape index (κ1) is 72.1. The molecule has 0 saturated carbocycles. The fraction of sp³-hybridized carbons (Fsp3) is 0.812. The van der Waals surface area contributed by atoms with Crippen molar-refractivity contribution in [3.05, 3.63) is 60.8 Å². The zero-order valence-electron chi connectivity index (χ0n) is 50.1. The molecule has 6 nitrogen and oxygen atoms in total. The van der Waals surface area contributed by atoms with Crippen molar-refractivity contribution in [2.24, 2.45) is 0 Å². The van der Waals surface area contributed by atoms with Gasteiger partial charge in [-0.15, -0.1) is 0 Å². The highest BCUT2D eigenvalue weighted by atomic mass is 16.6. The van der Waals surface area contributed by atoms with E-state index < -0.39 is 6.10 Å². The van der Waals surface area contributed by atoms with Crippen LogP contribution in [-0.2, 0) is 28.6 Å². The number of hydrogen-bond donors (Lipinski definition) is 0. The molecule has 6 heteroatoms. The molecule has 0 amide bonds. The zero-order chi connectivity index (χ0) is 54.3. The topological polar surface area (TPSA) is 78.9 Å². The first-order valence-corrected chi connectivity index (χ1v) is 32.8. The van der Waals surface area contributed by atoms with Gasteiger partial charge in [-0.2, -0.15) is 0 Å². The molecule has 1 atom stereocenters. The Morgan fingerprint density at radius 1 is 0.280 bits per heavy atom. The van der Waals surface area contributed by atoms with Gasteiger partial charge < -0.3 is 14.2 Å².